The smallest absolute Gasteiger partial charge is 0.0471 e. The summed E-state index contributed by atoms with van der Waals surface area (Å²) < 4.78 is 0. The van der Waals surface area contributed by atoms with Crippen molar-refractivity contribution in [3.8, 4) is 0 Å². The molecule has 0 saturated heterocycles. The molecule has 1 heterocycles. The SMILES string of the molecule is OCc1[c-]nccc1. The Bertz CT molecular complexity index is 150. The second-order valence-corrected chi connectivity index (χ2v) is 1.43. The quantitative estimate of drug-likeness (QED) is 0.527. The largest absolute Gasteiger partial charge is 0.394 e. The van der Waals surface area contributed by atoms with E-state index in [1.807, 2.05) is 0 Å². The summed E-state index contributed by atoms with van der Waals surface area (Å²) in [4.78, 5) is 3.67. The monoisotopic (exact) mass is 108 g/mol. The molecule has 2 heteroatoms. The van der Waals surface area contributed by atoms with Crippen molar-refractivity contribution in [3.05, 3.63) is 30.1 Å². The standard InChI is InChI=1S/C6H6NO/c8-5-6-2-1-3-7-4-6/h1-3,8H,5H2/q-1. The van der Waals surface area contributed by atoms with Crippen LogP contribution in [0.15, 0.2) is 18.3 Å². The second kappa shape index (κ2) is 2.43. The van der Waals surface area contributed by atoms with Crippen LogP contribution in [0.1, 0.15) is 5.56 Å². The van der Waals surface area contributed by atoms with E-state index in [1.165, 1.54) is 0 Å². The summed E-state index contributed by atoms with van der Waals surface area (Å²) in [6, 6.07) is 3.54. The molecule has 0 amide bonds. The molecule has 2 nitrogen and oxygen atoms in total. The van der Waals surface area contributed by atoms with Crippen LogP contribution in [-0.4, -0.2) is 10.1 Å². The highest BCUT2D eigenvalue weighted by molar-refractivity contribution is 5.04. The molecule has 0 spiro atoms. The molecule has 42 valence electrons. The Morgan fingerprint density at radius 3 is 3.00 bits per heavy atom. The number of hydrogen-bond acceptors (Lipinski definition) is 2. The van der Waals surface area contributed by atoms with Crippen LogP contribution >= 0.6 is 0 Å². The summed E-state index contributed by atoms with van der Waals surface area (Å²) in [5, 5.41) is 8.47. The number of nitrogens with zero attached hydrogens (tertiary/aromatic N) is 1. The minimum Gasteiger partial charge on any atom is -0.394 e. The van der Waals surface area contributed by atoms with E-state index in [1.54, 1.807) is 18.3 Å². The zero-order valence-electron chi connectivity index (χ0n) is 4.33. The maximum atomic E-state index is 8.47. The van der Waals surface area contributed by atoms with Gasteiger partial charge in [0.05, 0.1) is 0 Å². The van der Waals surface area contributed by atoms with Gasteiger partial charge in [-0.3, -0.25) is 0 Å². The first-order valence-corrected chi connectivity index (χ1v) is 2.36. The van der Waals surface area contributed by atoms with E-state index < -0.39 is 0 Å². The summed E-state index contributed by atoms with van der Waals surface area (Å²) in [5.74, 6) is 0. The van der Waals surface area contributed by atoms with Crippen LogP contribution in [0.25, 0.3) is 0 Å². The molecule has 0 aliphatic heterocycles. The van der Waals surface area contributed by atoms with Crippen molar-refractivity contribution in [2.75, 3.05) is 0 Å². The van der Waals surface area contributed by atoms with Gasteiger partial charge in [0.15, 0.2) is 0 Å². The zero-order valence-corrected chi connectivity index (χ0v) is 4.33. The highest BCUT2D eigenvalue weighted by atomic mass is 16.3. The van der Waals surface area contributed by atoms with E-state index in [0.29, 0.717) is 0 Å². The van der Waals surface area contributed by atoms with Crippen molar-refractivity contribution in [1.82, 2.24) is 4.98 Å². The Balaban J connectivity index is 2.83. The fraction of sp³-hybridized carbons (Fsp3) is 0.167. The summed E-state index contributed by atoms with van der Waals surface area (Å²) in [5.41, 5.74) is 0.729. The van der Waals surface area contributed by atoms with Gasteiger partial charge in [0.1, 0.15) is 0 Å². The van der Waals surface area contributed by atoms with Crippen LogP contribution in [0, 0.1) is 6.20 Å². The van der Waals surface area contributed by atoms with Gasteiger partial charge in [0.25, 0.3) is 0 Å². The third-order valence-electron chi connectivity index (χ3n) is 0.837. The van der Waals surface area contributed by atoms with Crippen molar-refractivity contribution in [3.63, 3.8) is 0 Å². The van der Waals surface area contributed by atoms with E-state index in [0.717, 1.165) is 5.56 Å². The lowest BCUT2D eigenvalue weighted by Gasteiger charge is -1.97. The maximum absolute atomic E-state index is 8.47. The lowest BCUT2D eigenvalue weighted by atomic mass is 10.3. The summed E-state index contributed by atoms with van der Waals surface area (Å²) in [6.07, 6.45) is 4.24. The number of hydrogen-bond donors (Lipinski definition) is 1. The molecular formula is C6H6NO-. The number of rotatable bonds is 1. The maximum Gasteiger partial charge on any atom is 0.0471 e. The van der Waals surface area contributed by atoms with Gasteiger partial charge in [-0.05, 0) is 0 Å². The topological polar surface area (TPSA) is 33.1 Å². The zero-order chi connectivity index (χ0) is 5.82. The van der Waals surface area contributed by atoms with Gasteiger partial charge >= 0.3 is 0 Å². The molecule has 0 atom stereocenters. The van der Waals surface area contributed by atoms with Crippen molar-refractivity contribution in [2.45, 2.75) is 6.61 Å². The fourth-order valence-electron chi connectivity index (χ4n) is 0.448. The van der Waals surface area contributed by atoms with Crippen LogP contribution in [0.4, 0.5) is 0 Å². The molecule has 1 aromatic rings. The number of aliphatic hydroxyl groups is 1. The number of aromatic nitrogens is 1. The van der Waals surface area contributed by atoms with E-state index in [9.17, 15) is 0 Å². The van der Waals surface area contributed by atoms with Gasteiger partial charge < -0.3 is 10.1 Å². The average molecular weight is 108 g/mol. The van der Waals surface area contributed by atoms with Crippen molar-refractivity contribution in [1.29, 1.82) is 0 Å². The Kier molecular flexibility index (Phi) is 1.59. The Morgan fingerprint density at radius 1 is 1.75 bits per heavy atom. The van der Waals surface area contributed by atoms with Crippen molar-refractivity contribution < 1.29 is 5.11 Å². The Morgan fingerprint density at radius 2 is 2.62 bits per heavy atom. The van der Waals surface area contributed by atoms with Gasteiger partial charge in [-0.15, -0.1) is 5.56 Å². The van der Waals surface area contributed by atoms with Crippen molar-refractivity contribution >= 4 is 0 Å². The molecule has 0 fully saturated rings. The molecule has 1 N–H and O–H groups in total. The van der Waals surface area contributed by atoms with Crippen molar-refractivity contribution in [2.24, 2.45) is 0 Å². The third kappa shape index (κ3) is 1.04. The number of pyridine rings is 1. The van der Waals surface area contributed by atoms with Crippen LogP contribution in [0.2, 0.25) is 0 Å². The second-order valence-electron chi connectivity index (χ2n) is 1.43. The minimum absolute atomic E-state index is 0.0217. The van der Waals surface area contributed by atoms with E-state index >= 15 is 0 Å². The first kappa shape index (κ1) is 5.25. The van der Waals surface area contributed by atoms with E-state index in [2.05, 4.69) is 11.2 Å². The molecule has 0 radical (unpaired) electrons. The first-order valence-electron chi connectivity index (χ1n) is 2.36. The first-order chi connectivity index (χ1) is 3.93. The van der Waals surface area contributed by atoms with Gasteiger partial charge in [0.2, 0.25) is 0 Å². The van der Waals surface area contributed by atoms with Crippen LogP contribution in [0.5, 0.6) is 0 Å². The van der Waals surface area contributed by atoms with Gasteiger partial charge in [0, 0.05) is 6.61 Å². The van der Waals surface area contributed by atoms with Gasteiger partial charge in [-0.2, -0.15) is 12.1 Å². The summed E-state index contributed by atoms with van der Waals surface area (Å²) in [7, 11) is 0. The number of aliphatic hydroxyl groups excluding tert-OH is 1. The van der Waals surface area contributed by atoms with Gasteiger partial charge in [-0.1, -0.05) is 12.4 Å². The summed E-state index contributed by atoms with van der Waals surface area (Å²) >= 11 is 0. The lowest BCUT2D eigenvalue weighted by molar-refractivity contribution is 0.281. The highest BCUT2D eigenvalue weighted by Crippen LogP contribution is 1.91. The third-order valence-corrected chi connectivity index (χ3v) is 0.837. The van der Waals surface area contributed by atoms with Crippen LogP contribution in [-0.2, 0) is 6.61 Å². The molecule has 1 rings (SSSR count). The Hall–Kier alpha value is -0.890. The molecule has 0 aliphatic rings. The molecule has 0 aliphatic carbocycles. The van der Waals surface area contributed by atoms with Crippen LogP contribution in [0.3, 0.4) is 0 Å². The molecule has 0 bridgehead atoms. The molecule has 0 saturated carbocycles. The molecular weight excluding hydrogens is 102 g/mol. The fourth-order valence-corrected chi connectivity index (χ4v) is 0.448. The molecule has 0 unspecified atom stereocenters. The predicted molar refractivity (Wildman–Crippen MR) is 29.0 cm³/mol. The average Bonchev–Trinajstić information content (AvgIpc) is 1.90. The summed E-state index contributed by atoms with van der Waals surface area (Å²) in [6.45, 7) is 0.0217. The highest BCUT2D eigenvalue weighted by Gasteiger charge is 1.73. The van der Waals surface area contributed by atoms with Gasteiger partial charge in [-0.25, -0.2) is 0 Å². The molecule has 1 aromatic heterocycles. The minimum atomic E-state index is 0.0217. The lowest BCUT2D eigenvalue weighted by Crippen LogP contribution is -1.81. The van der Waals surface area contributed by atoms with E-state index in [-0.39, 0.29) is 6.61 Å². The Labute approximate surface area is 47.8 Å². The molecule has 8 heavy (non-hydrogen) atoms. The predicted octanol–water partition coefficient (Wildman–Crippen LogP) is 0.374. The normalized spacial score (nSPS) is 9.12. The van der Waals surface area contributed by atoms with E-state index in [4.69, 9.17) is 5.11 Å². The molecule has 0 aromatic carbocycles. The van der Waals surface area contributed by atoms with Crippen LogP contribution < -0.4 is 0 Å².